The van der Waals surface area contributed by atoms with Gasteiger partial charge in [-0.25, -0.2) is 4.39 Å². The standard InChI is InChI=1S/C8H6FS/c9-8-3-1-7(2-4-8)5-6-10/h1-4H,5H2. The Bertz CT molecular complexity index is 215. The quantitative estimate of drug-likeness (QED) is 0.587. The van der Waals surface area contributed by atoms with Crippen LogP contribution in [-0.4, -0.2) is 5.37 Å². The van der Waals surface area contributed by atoms with Gasteiger partial charge in [-0.1, -0.05) is 24.4 Å². The van der Waals surface area contributed by atoms with Crippen molar-refractivity contribution < 1.29 is 4.39 Å². The van der Waals surface area contributed by atoms with Gasteiger partial charge in [-0.3, -0.25) is 0 Å². The summed E-state index contributed by atoms with van der Waals surface area (Å²) in [5.74, 6) is -0.215. The number of hydrogen-bond acceptors (Lipinski definition) is 1. The number of benzene rings is 1. The molecular weight excluding hydrogens is 147 g/mol. The summed E-state index contributed by atoms with van der Waals surface area (Å²) in [6.45, 7) is 0. The Morgan fingerprint density at radius 3 is 2.40 bits per heavy atom. The zero-order chi connectivity index (χ0) is 7.40. The Labute approximate surface area is 64.7 Å². The SMILES string of the molecule is Fc1ccc(C[C]=S)cc1. The fourth-order valence-corrected chi connectivity index (χ4v) is 0.852. The first-order valence-electron chi connectivity index (χ1n) is 2.92. The van der Waals surface area contributed by atoms with E-state index in [1.54, 1.807) is 12.1 Å². The molecule has 0 saturated carbocycles. The molecule has 0 spiro atoms. The van der Waals surface area contributed by atoms with E-state index < -0.39 is 0 Å². The molecule has 0 N–H and O–H groups in total. The molecule has 0 aliphatic carbocycles. The van der Waals surface area contributed by atoms with Gasteiger partial charge in [0.05, 0.1) is 0 Å². The summed E-state index contributed by atoms with van der Waals surface area (Å²) in [5, 5.41) is 2.56. The fraction of sp³-hybridized carbons (Fsp3) is 0.125. The minimum atomic E-state index is -0.215. The van der Waals surface area contributed by atoms with Crippen molar-refractivity contribution in [2.24, 2.45) is 0 Å². The van der Waals surface area contributed by atoms with E-state index in [2.05, 4.69) is 17.6 Å². The summed E-state index contributed by atoms with van der Waals surface area (Å²) in [6.07, 6.45) is 0.607. The van der Waals surface area contributed by atoms with Gasteiger partial charge in [0.2, 0.25) is 0 Å². The van der Waals surface area contributed by atoms with Crippen molar-refractivity contribution in [3.63, 3.8) is 0 Å². The van der Waals surface area contributed by atoms with Crippen molar-refractivity contribution in [1.82, 2.24) is 0 Å². The lowest BCUT2D eigenvalue weighted by Crippen LogP contribution is -1.83. The van der Waals surface area contributed by atoms with E-state index in [1.165, 1.54) is 12.1 Å². The summed E-state index contributed by atoms with van der Waals surface area (Å²) in [6, 6.07) is 6.24. The summed E-state index contributed by atoms with van der Waals surface area (Å²) < 4.78 is 12.3. The van der Waals surface area contributed by atoms with Gasteiger partial charge in [0.25, 0.3) is 0 Å². The van der Waals surface area contributed by atoms with Gasteiger partial charge in [0.15, 0.2) is 0 Å². The number of hydrogen-bond donors (Lipinski definition) is 0. The number of rotatable bonds is 2. The van der Waals surface area contributed by atoms with Crippen LogP contribution in [0.15, 0.2) is 24.3 Å². The molecule has 2 heteroatoms. The van der Waals surface area contributed by atoms with E-state index in [0.29, 0.717) is 6.42 Å². The second-order valence-electron chi connectivity index (χ2n) is 1.95. The third kappa shape index (κ3) is 1.88. The molecule has 0 unspecified atom stereocenters. The van der Waals surface area contributed by atoms with Crippen molar-refractivity contribution in [2.45, 2.75) is 6.42 Å². The molecule has 0 saturated heterocycles. The first kappa shape index (κ1) is 7.35. The zero-order valence-electron chi connectivity index (χ0n) is 5.30. The molecule has 0 atom stereocenters. The Hall–Kier alpha value is -0.760. The average molecular weight is 153 g/mol. The average Bonchev–Trinajstić information content (AvgIpc) is 1.95. The molecule has 1 aromatic rings. The molecule has 0 aromatic heterocycles. The van der Waals surface area contributed by atoms with Crippen LogP contribution in [-0.2, 0) is 6.42 Å². The van der Waals surface area contributed by atoms with Crippen molar-refractivity contribution >= 4 is 17.6 Å². The van der Waals surface area contributed by atoms with E-state index in [0.717, 1.165) is 5.56 Å². The van der Waals surface area contributed by atoms with Gasteiger partial charge in [0.1, 0.15) is 5.82 Å². The molecule has 0 amide bonds. The van der Waals surface area contributed by atoms with Crippen molar-refractivity contribution in [3.8, 4) is 0 Å². The van der Waals surface area contributed by atoms with Crippen LogP contribution < -0.4 is 0 Å². The molecule has 0 heterocycles. The van der Waals surface area contributed by atoms with Crippen molar-refractivity contribution in [2.75, 3.05) is 0 Å². The van der Waals surface area contributed by atoms with Crippen LogP contribution in [0.25, 0.3) is 0 Å². The van der Waals surface area contributed by atoms with E-state index in [4.69, 9.17) is 0 Å². The van der Waals surface area contributed by atoms with E-state index in [1.807, 2.05) is 0 Å². The molecule has 0 aliphatic heterocycles. The summed E-state index contributed by atoms with van der Waals surface area (Å²) >= 11 is 4.52. The molecule has 1 rings (SSSR count). The molecule has 0 bridgehead atoms. The fourth-order valence-electron chi connectivity index (χ4n) is 0.686. The third-order valence-electron chi connectivity index (χ3n) is 1.19. The van der Waals surface area contributed by atoms with Gasteiger partial charge < -0.3 is 0 Å². The Morgan fingerprint density at radius 1 is 1.30 bits per heavy atom. The molecule has 0 aliphatic rings. The predicted octanol–water partition coefficient (Wildman–Crippen LogP) is 2.24. The molecular formula is C8H6FS. The van der Waals surface area contributed by atoms with Gasteiger partial charge in [-0.2, -0.15) is 0 Å². The first-order chi connectivity index (χ1) is 4.83. The molecule has 0 fully saturated rings. The first-order valence-corrected chi connectivity index (χ1v) is 3.33. The van der Waals surface area contributed by atoms with Gasteiger partial charge >= 0.3 is 0 Å². The third-order valence-corrected chi connectivity index (χ3v) is 1.33. The highest BCUT2D eigenvalue weighted by atomic mass is 32.1. The van der Waals surface area contributed by atoms with E-state index >= 15 is 0 Å². The Kier molecular flexibility index (Phi) is 2.51. The Balaban J connectivity index is 2.78. The van der Waals surface area contributed by atoms with Crippen LogP contribution in [0.2, 0.25) is 0 Å². The summed E-state index contributed by atoms with van der Waals surface area (Å²) in [4.78, 5) is 0. The topological polar surface area (TPSA) is 0 Å². The van der Waals surface area contributed by atoms with Crippen LogP contribution in [0.5, 0.6) is 0 Å². The normalized spacial score (nSPS) is 9.30. The second kappa shape index (κ2) is 3.42. The van der Waals surface area contributed by atoms with Crippen LogP contribution >= 0.6 is 12.2 Å². The number of halogens is 1. The van der Waals surface area contributed by atoms with E-state index in [-0.39, 0.29) is 5.82 Å². The molecule has 1 aromatic carbocycles. The predicted molar refractivity (Wildman–Crippen MR) is 42.7 cm³/mol. The molecule has 51 valence electrons. The second-order valence-corrected chi connectivity index (χ2v) is 2.24. The molecule has 10 heavy (non-hydrogen) atoms. The minimum absolute atomic E-state index is 0.215. The lowest BCUT2D eigenvalue weighted by atomic mass is 10.2. The summed E-state index contributed by atoms with van der Waals surface area (Å²) in [5.41, 5.74) is 0.997. The zero-order valence-corrected chi connectivity index (χ0v) is 6.12. The highest BCUT2D eigenvalue weighted by Crippen LogP contribution is 2.01. The monoisotopic (exact) mass is 153 g/mol. The van der Waals surface area contributed by atoms with Crippen LogP contribution in [0.3, 0.4) is 0 Å². The van der Waals surface area contributed by atoms with Crippen LogP contribution in [0.4, 0.5) is 4.39 Å². The lowest BCUT2D eigenvalue weighted by Gasteiger charge is -1.92. The highest BCUT2D eigenvalue weighted by molar-refractivity contribution is 7.78. The highest BCUT2D eigenvalue weighted by Gasteiger charge is 1.89. The lowest BCUT2D eigenvalue weighted by molar-refractivity contribution is 0.627. The van der Waals surface area contributed by atoms with E-state index in [9.17, 15) is 4.39 Å². The van der Waals surface area contributed by atoms with Crippen molar-refractivity contribution in [3.05, 3.63) is 35.6 Å². The van der Waals surface area contributed by atoms with Gasteiger partial charge in [-0.15, -0.1) is 0 Å². The number of thiocarbonyl (C=S) groups is 1. The maximum Gasteiger partial charge on any atom is 0.123 e. The smallest absolute Gasteiger partial charge is 0.123 e. The molecule has 1 radical (unpaired) electrons. The van der Waals surface area contributed by atoms with Crippen LogP contribution in [0.1, 0.15) is 5.56 Å². The maximum atomic E-state index is 12.3. The van der Waals surface area contributed by atoms with Gasteiger partial charge in [0, 0.05) is 11.8 Å². The maximum absolute atomic E-state index is 12.3. The Morgan fingerprint density at radius 2 is 1.90 bits per heavy atom. The van der Waals surface area contributed by atoms with Crippen LogP contribution in [0, 0.1) is 5.82 Å². The van der Waals surface area contributed by atoms with Crippen molar-refractivity contribution in [1.29, 1.82) is 0 Å². The largest absolute Gasteiger partial charge is 0.207 e. The minimum Gasteiger partial charge on any atom is -0.207 e. The summed E-state index contributed by atoms with van der Waals surface area (Å²) in [7, 11) is 0. The van der Waals surface area contributed by atoms with Gasteiger partial charge in [-0.05, 0) is 17.7 Å². The molecule has 0 nitrogen and oxygen atoms in total.